The van der Waals surface area contributed by atoms with Gasteiger partial charge in [-0.3, -0.25) is 14.5 Å². The first-order chi connectivity index (χ1) is 15.0. The van der Waals surface area contributed by atoms with Crippen LogP contribution in [0.25, 0.3) is 6.08 Å². The Morgan fingerprint density at radius 2 is 2.03 bits per heavy atom. The summed E-state index contributed by atoms with van der Waals surface area (Å²) < 4.78 is 11.1. The molecule has 1 fully saturated rings. The number of anilines is 1. The summed E-state index contributed by atoms with van der Waals surface area (Å²) in [5, 5.41) is 5.20. The molecule has 0 unspecified atom stereocenters. The van der Waals surface area contributed by atoms with Crippen molar-refractivity contribution < 1.29 is 19.1 Å². The molecule has 1 aliphatic heterocycles. The summed E-state index contributed by atoms with van der Waals surface area (Å²) in [6.45, 7) is 0.544. The van der Waals surface area contributed by atoms with Gasteiger partial charge in [0.2, 0.25) is 5.91 Å². The van der Waals surface area contributed by atoms with Crippen LogP contribution in [0.1, 0.15) is 31.2 Å². The van der Waals surface area contributed by atoms with Crippen LogP contribution in [0.4, 0.5) is 5.13 Å². The number of thiazole rings is 1. The molecule has 31 heavy (non-hydrogen) atoms. The molecule has 0 atom stereocenters. The Balaban J connectivity index is 1.47. The third-order valence-electron chi connectivity index (χ3n) is 4.54. The van der Waals surface area contributed by atoms with Crippen molar-refractivity contribution in [2.75, 3.05) is 26.1 Å². The zero-order chi connectivity index (χ0) is 22.2. The van der Waals surface area contributed by atoms with Crippen molar-refractivity contribution in [3.8, 4) is 11.5 Å². The number of unbranched alkanes of at least 4 members (excludes halogenated alkanes) is 2. The van der Waals surface area contributed by atoms with Crippen molar-refractivity contribution >= 4 is 62.7 Å². The molecule has 1 aromatic heterocycles. The number of hydrogen-bond donors (Lipinski definition) is 1. The Hall–Kier alpha value is -2.43. The molecule has 2 amide bonds. The number of nitrogens with zero attached hydrogens (tertiary/aromatic N) is 2. The summed E-state index contributed by atoms with van der Waals surface area (Å²) in [4.78, 5) is 30.9. The molecule has 2 heterocycles. The van der Waals surface area contributed by atoms with Crippen LogP contribution in [-0.4, -0.2) is 46.8 Å². The van der Waals surface area contributed by atoms with Crippen LogP contribution in [0.2, 0.25) is 0 Å². The Morgan fingerprint density at radius 1 is 1.23 bits per heavy atom. The highest BCUT2D eigenvalue weighted by molar-refractivity contribution is 8.26. The molecule has 0 radical (unpaired) electrons. The zero-order valence-electron chi connectivity index (χ0n) is 17.3. The molecule has 7 nitrogen and oxygen atoms in total. The van der Waals surface area contributed by atoms with Gasteiger partial charge in [-0.2, -0.15) is 0 Å². The van der Waals surface area contributed by atoms with E-state index < -0.39 is 0 Å². The number of methoxy groups -OCH3 is 2. The zero-order valence-corrected chi connectivity index (χ0v) is 19.7. The summed E-state index contributed by atoms with van der Waals surface area (Å²) in [6, 6.07) is 5.49. The fourth-order valence-corrected chi connectivity index (χ4v) is 4.84. The molecule has 0 saturated carbocycles. The Kier molecular flexibility index (Phi) is 8.44. The van der Waals surface area contributed by atoms with Crippen molar-refractivity contribution in [3.05, 3.63) is 40.2 Å². The second kappa shape index (κ2) is 11.3. The first-order valence-corrected chi connectivity index (χ1v) is 11.8. The minimum atomic E-state index is -0.0914. The number of carbonyl (C=O) groups is 2. The third-order valence-corrected chi connectivity index (χ3v) is 6.61. The first kappa shape index (κ1) is 23.2. The topological polar surface area (TPSA) is 80.8 Å². The van der Waals surface area contributed by atoms with Gasteiger partial charge < -0.3 is 14.8 Å². The largest absolute Gasteiger partial charge is 0.493 e. The highest BCUT2D eigenvalue weighted by Gasteiger charge is 2.31. The number of thioether (sulfide) groups is 1. The van der Waals surface area contributed by atoms with Crippen LogP contribution in [-0.2, 0) is 9.59 Å². The van der Waals surface area contributed by atoms with E-state index in [0.717, 1.165) is 24.8 Å². The monoisotopic (exact) mass is 477 g/mol. The van der Waals surface area contributed by atoms with Gasteiger partial charge in [0.05, 0.1) is 19.1 Å². The molecule has 10 heteroatoms. The van der Waals surface area contributed by atoms with E-state index in [1.165, 1.54) is 23.1 Å². The number of ether oxygens (including phenoxy) is 2. The molecular weight excluding hydrogens is 454 g/mol. The number of thiocarbonyl (C=S) groups is 1. The van der Waals surface area contributed by atoms with Crippen molar-refractivity contribution in [1.82, 2.24) is 9.88 Å². The lowest BCUT2D eigenvalue weighted by molar-refractivity contribution is -0.122. The molecule has 2 aromatic rings. The van der Waals surface area contributed by atoms with E-state index in [0.29, 0.717) is 38.8 Å². The molecule has 3 rings (SSSR count). The minimum Gasteiger partial charge on any atom is -0.493 e. The smallest absolute Gasteiger partial charge is 0.266 e. The summed E-state index contributed by atoms with van der Waals surface area (Å²) >= 11 is 8.09. The van der Waals surface area contributed by atoms with Crippen molar-refractivity contribution in [2.24, 2.45) is 0 Å². The average molecular weight is 478 g/mol. The van der Waals surface area contributed by atoms with Crippen molar-refractivity contribution in [2.45, 2.75) is 25.7 Å². The molecule has 0 aliphatic carbocycles. The van der Waals surface area contributed by atoms with E-state index in [1.807, 2.05) is 23.6 Å². The lowest BCUT2D eigenvalue weighted by Gasteiger charge is -2.14. The lowest BCUT2D eigenvalue weighted by Crippen LogP contribution is -2.29. The SMILES string of the molecule is COc1ccc(/C=C2\SC(=S)N(CCCCCC(=O)Nc3nccs3)C2=O)cc1OC. The van der Waals surface area contributed by atoms with Gasteiger partial charge in [-0.1, -0.05) is 36.5 Å². The van der Waals surface area contributed by atoms with E-state index in [1.54, 1.807) is 31.4 Å². The van der Waals surface area contributed by atoms with Crippen LogP contribution in [0, 0.1) is 0 Å². The molecule has 1 N–H and O–H groups in total. The molecule has 1 aliphatic rings. The van der Waals surface area contributed by atoms with E-state index in [2.05, 4.69) is 10.3 Å². The van der Waals surface area contributed by atoms with E-state index in [9.17, 15) is 9.59 Å². The van der Waals surface area contributed by atoms with Gasteiger partial charge >= 0.3 is 0 Å². The second-order valence-corrected chi connectivity index (χ2v) is 9.21. The molecule has 0 bridgehead atoms. The van der Waals surface area contributed by atoms with Gasteiger partial charge in [0, 0.05) is 24.5 Å². The van der Waals surface area contributed by atoms with E-state index in [4.69, 9.17) is 21.7 Å². The first-order valence-electron chi connectivity index (χ1n) is 9.68. The number of hydrogen-bond acceptors (Lipinski definition) is 8. The minimum absolute atomic E-state index is 0.0431. The maximum absolute atomic E-state index is 12.8. The number of carbonyl (C=O) groups excluding carboxylic acids is 2. The molecule has 1 saturated heterocycles. The highest BCUT2D eigenvalue weighted by atomic mass is 32.2. The molecule has 0 spiro atoms. The lowest BCUT2D eigenvalue weighted by atomic mass is 10.1. The number of nitrogens with one attached hydrogen (secondary N) is 1. The summed E-state index contributed by atoms with van der Waals surface area (Å²) in [7, 11) is 3.15. The van der Waals surface area contributed by atoms with Gasteiger partial charge in [-0.25, -0.2) is 4.98 Å². The summed E-state index contributed by atoms with van der Waals surface area (Å²) in [6.07, 6.45) is 6.24. The van der Waals surface area contributed by atoms with Gasteiger partial charge in [-0.15, -0.1) is 11.3 Å². The maximum Gasteiger partial charge on any atom is 0.266 e. The Bertz CT molecular complexity index is 976. The van der Waals surface area contributed by atoms with Gasteiger partial charge in [-0.05, 0) is 36.6 Å². The Labute approximate surface area is 194 Å². The number of amides is 2. The van der Waals surface area contributed by atoms with Crippen LogP contribution in [0.3, 0.4) is 0 Å². The standard InChI is InChI=1S/C21H23N3O4S3/c1-27-15-8-7-14(12-16(15)28-2)13-17-19(26)24(21(29)31-17)10-5-3-4-6-18(25)23-20-22-9-11-30-20/h7-9,11-13H,3-6,10H2,1-2H3,(H,22,23,25)/b17-13-. The van der Waals surface area contributed by atoms with Crippen molar-refractivity contribution in [1.29, 1.82) is 0 Å². The molecular formula is C21H23N3O4S3. The van der Waals surface area contributed by atoms with E-state index in [-0.39, 0.29) is 11.8 Å². The van der Waals surface area contributed by atoms with Crippen LogP contribution in [0.15, 0.2) is 34.7 Å². The molecule has 164 valence electrons. The third kappa shape index (κ3) is 6.28. The normalized spacial score (nSPS) is 14.9. The number of benzene rings is 1. The van der Waals surface area contributed by atoms with Gasteiger partial charge in [0.25, 0.3) is 5.91 Å². The number of aromatic nitrogens is 1. The van der Waals surface area contributed by atoms with Gasteiger partial charge in [0.15, 0.2) is 16.6 Å². The fourth-order valence-electron chi connectivity index (χ4n) is 2.99. The van der Waals surface area contributed by atoms with Crippen molar-refractivity contribution in [3.63, 3.8) is 0 Å². The van der Waals surface area contributed by atoms with Gasteiger partial charge in [0.1, 0.15) is 4.32 Å². The van der Waals surface area contributed by atoms with Crippen LogP contribution in [0.5, 0.6) is 11.5 Å². The maximum atomic E-state index is 12.8. The second-order valence-electron chi connectivity index (χ2n) is 6.64. The predicted molar refractivity (Wildman–Crippen MR) is 129 cm³/mol. The quantitative estimate of drug-likeness (QED) is 0.305. The molecule has 1 aromatic carbocycles. The summed E-state index contributed by atoms with van der Waals surface area (Å²) in [5.74, 6) is 1.10. The summed E-state index contributed by atoms with van der Waals surface area (Å²) in [5.41, 5.74) is 0.837. The predicted octanol–water partition coefficient (Wildman–Crippen LogP) is 4.56. The Morgan fingerprint density at radius 3 is 2.74 bits per heavy atom. The van der Waals surface area contributed by atoms with E-state index >= 15 is 0 Å². The highest BCUT2D eigenvalue weighted by Crippen LogP contribution is 2.34. The number of rotatable bonds is 10. The average Bonchev–Trinajstić information content (AvgIpc) is 3.36. The fraction of sp³-hybridized carbons (Fsp3) is 0.333. The van der Waals surface area contributed by atoms with Crippen LogP contribution < -0.4 is 14.8 Å². The van der Waals surface area contributed by atoms with Crippen LogP contribution >= 0.6 is 35.3 Å².